The third-order valence-corrected chi connectivity index (χ3v) is 3.59. The Morgan fingerprint density at radius 1 is 1.09 bits per heavy atom. The van der Waals surface area contributed by atoms with Crippen LogP contribution in [0.4, 0.5) is 11.5 Å². The molecule has 2 aromatic carbocycles. The van der Waals surface area contributed by atoms with E-state index < -0.39 is 5.97 Å². The molecule has 2 N–H and O–H groups in total. The summed E-state index contributed by atoms with van der Waals surface area (Å²) in [4.78, 5) is 15.9. The zero-order valence-corrected chi connectivity index (χ0v) is 11.9. The van der Waals surface area contributed by atoms with E-state index >= 15 is 0 Å². The molecule has 114 valence electrons. The van der Waals surface area contributed by atoms with Gasteiger partial charge in [-0.25, -0.2) is 9.78 Å². The number of carboxylic acid groups (broad SMARTS) is 1. The van der Waals surface area contributed by atoms with E-state index in [0.29, 0.717) is 28.2 Å². The fourth-order valence-electron chi connectivity index (χ4n) is 2.54. The van der Waals surface area contributed by atoms with Crippen LogP contribution >= 0.6 is 0 Å². The number of hydrogen-bond donors (Lipinski definition) is 2. The molecule has 1 aliphatic rings. The summed E-state index contributed by atoms with van der Waals surface area (Å²) in [5, 5.41) is 13.1. The van der Waals surface area contributed by atoms with Crippen molar-refractivity contribution >= 4 is 28.4 Å². The van der Waals surface area contributed by atoms with Crippen LogP contribution in [0.25, 0.3) is 10.9 Å². The molecule has 0 atom stereocenters. The fourth-order valence-corrected chi connectivity index (χ4v) is 2.54. The SMILES string of the molecule is O=C(O)c1cc(Nc2ccc3c(c2)OCO3)nc2ccccc12. The molecule has 0 spiro atoms. The standard InChI is InChI=1S/C17H12N2O4/c20-17(21)12-8-16(19-13-4-2-1-3-11(12)13)18-10-5-6-14-15(7-10)23-9-22-14/h1-8H,9H2,(H,18,19)(H,20,21). The topological polar surface area (TPSA) is 80.7 Å². The predicted molar refractivity (Wildman–Crippen MR) is 84.6 cm³/mol. The number of aromatic nitrogens is 1. The molecule has 0 amide bonds. The van der Waals surface area contributed by atoms with Crippen LogP contribution in [-0.2, 0) is 0 Å². The molecular formula is C17H12N2O4. The molecule has 0 saturated heterocycles. The van der Waals surface area contributed by atoms with Gasteiger partial charge in [0.2, 0.25) is 6.79 Å². The molecule has 6 nitrogen and oxygen atoms in total. The third-order valence-electron chi connectivity index (χ3n) is 3.59. The number of carboxylic acids is 1. The van der Waals surface area contributed by atoms with Crippen molar-refractivity contribution in [2.45, 2.75) is 0 Å². The predicted octanol–water partition coefficient (Wildman–Crippen LogP) is 3.41. The molecule has 0 unspecified atom stereocenters. The monoisotopic (exact) mass is 308 g/mol. The minimum Gasteiger partial charge on any atom is -0.478 e. The molecule has 2 heterocycles. The molecule has 6 heteroatoms. The van der Waals surface area contributed by atoms with Gasteiger partial charge >= 0.3 is 5.97 Å². The van der Waals surface area contributed by atoms with Crippen molar-refractivity contribution in [1.82, 2.24) is 4.98 Å². The van der Waals surface area contributed by atoms with Crippen LogP contribution < -0.4 is 14.8 Å². The summed E-state index contributed by atoms with van der Waals surface area (Å²) in [5.41, 5.74) is 1.57. The van der Waals surface area contributed by atoms with Gasteiger partial charge in [0.05, 0.1) is 11.1 Å². The van der Waals surface area contributed by atoms with Gasteiger partial charge in [0.25, 0.3) is 0 Å². The van der Waals surface area contributed by atoms with Crippen LogP contribution in [-0.4, -0.2) is 22.9 Å². The molecule has 0 aliphatic carbocycles. The van der Waals surface area contributed by atoms with Crippen molar-refractivity contribution < 1.29 is 19.4 Å². The second kappa shape index (κ2) is 5.17. The number of benzene rings is 2. The van der Waals surface area contributed by atoms with E-state index in [-0.39, 0.29) is 12.4 Å². The van der Waals surface area contributed by atoms with Crippen LogP contribution in [0.3, 0.4) is 0 Å². The maximum atomic E-state index is 11.5. The van der Waals surface area contributed by atoms with Gasteiger partial charge in [-0.15, -0.1) is 0 Å². The Hall–Kier alpha value is -3.28. The third kappa shape index (κ3) is 2.40. The number of nitrogens with one attached hydrogen (secondary N) is 1. The molecular weight excluding hydrogens is 296 g/mol. The highest BCUT2D eigenvalue weighted by Crippen LogP contribution is 2.35. The highest BCUT2D eigenvalue weighted by atomic mass is 16.7. The van der Waals surface area contributed by atoms with E-state index in [4.69, 9.17) is 9.47 Å². The number of fused-ring (bicyclic) bond motifs is 2. The summed E-state index contributed by atoms with van der Waals surface area (Å²) in [6.45, 7) is 0.205. The molecule has 1 aliphatic heterocycles. The van der Waals surface area contributed by atoms with Crippen molar-refractivity contribution in [3.05, 3.63) is 54.1 Å². The highest BCUT2D eigenvalue weighted by molar-refractivity contribution is 6.03. The normalized spacial score (nSPS) is 12.3. The number of ether oxygens (including phenoxy) is 2. The second-order valence-corrected chi connectivity index (χ2v) is 5.07. The molecule has 0 bridgehead atoms. The van der Waals surface area contributed by atoms with Crippen LogP contribution in [0.1, 0.15) is 10.4 Å². The summed E-state index contributed by atoms with van der Waals surface area (Å²) in [6, 6.07) is 14.1. The molecule has 4 rings (SSSR count). The van der Waals surface area contributed by atoms with Gasteiger partial charge < -0.3 is 19.9 Å². The van der Waals surface area contributed by atoms with Gasteiger partial charge in [-0.2, -0.15) is 0 Å². The number of nitrogens with zero attached hydrogens (tertiary/aromatic N) is 1. The minimum absolute atomic E-state index is 0.205. The summed E-state index contributed by atoms with van der Waals surface area (Å²) in [6.07, 6.45) is 0. The van der Waals surface area contributed by atoms with E-state index in [9.17, 15) is 9.90 Å². The first-order valence-electron chi connectivity index (χ1n) is 7.00. The average Bonchev–Trinajstić information content (AvgIpc) is 3.01. The number of hydrogen-bond acceptors (Lipinski definition) is 5. The highest BCUT2D eigenvalue weighted by Gasteiger charge is 2.15. The Balaban J connectivity index is 1.75. The van der Waals surface area contributed by atoms with Gasteiger partial charge in [-0.1, -0.05) is 18.2 Å². The summed E-state index contributed by atoms with van der Waals surface area (Å²) in [7, 11) is 0. The van der Waals surface area contributed by atoms with Gasteiger partial charge in [-0.3, -0.25) is 0 Å². The average molecular weight is 308 g/mol. The lowest BCUT2D eigenvalue weighted by Gasteiger charge is -2.09. The van der Waals surface area contributed by atoms with E-state index in [0.717, 1.165) is 5.69 Å². The quantitative estimate of drug-likeness (QED) is 0.772. The smallest absolute Gasteiger partial charge is 0.336 e. The van der Waals surface area contributed by atoms with Crippen molar-refractivity contribution in [3.63, 3.8) is 0 Å². The Morgan fingerprint density at radius 3 is 2.78 bits per heavy atom. The van der Waals surface area contributed by atoms with Gasteiger partial charge in [0.1, 0.15) is 5.82 Å². The van der Waals surface area contributed by atoms with Crippen LogP contribution in [0, 0.1) is 0 Å². The number of para-hydroxylation sites is 1. The van der Waals surface area contributed by atoms with Crippen LogP contribution in [0.15, 0.2) is 48.5 Å². The van der Waals surface area contributed by atoms with E-state index in [1.54, 1.807) is 30.3 Å². The summed E-state index contributed by atoms with van der Waals surface area (Å²) < 4.78 is 10.6. The first kappa shape index (κ1) is 13.4. The zero-order valence-electron chi connectivity index (χ0n) is 11.9. The zero-order chi connectivity index (χ0) is 15.8. The van der Waals surface area contributed by atoms with E-state index in [1.807, 2.05) is 12.1 Å². The maximum Gasteiger partial charge on any atom is 0.336 e. The van der Waals surface area contributed by atoms with Crippen molar-refractivity contribution in [2.75, 3.05) is 12.1 Å². The Kier molecular flexibility index (Phi) is 3.01. The largest absolute Gasteiger partial charge is 0.478 e. The lowest BCUT2D eigenvalue weighted by atomic mass is 10.1. The lowest BCUT2D eigenvalue weighted by Crippen LogP contribution is -2.02. The number of anilines is 2. The lowest BCUT2D eigenvalue weighted by molar-refractivity contribution is 0.0699. The van der Waals surface area contributed by atoms with Gasteiger partial charge in [0, 0.05) is 17.1 Å². The Bertz CT molecular complexity index is 924. The van der Waals surface area contributed by atoms with Gasteiger partial charge in [0.15, 0.2) is 11.5 Å². The number of aromatic carboxylic acids is 1. The number of carbonyl (C=O) groups is 1. The number of pyridine rings is 1. The van der Waals surface area contributed by atoms with E-state index in [1.165, 1.54) is 6.07 Å². The molecule has 1 aromatic heterocycles. The Labute approximate surface area is 131 Å². The molecule has 0 fully saturated rings. The first-order chi connectivity index (χ1) is 11.2. The van der Waals surface area contributed by atoms with Gasteiger partial charge in [-0.05, 0) is 24.3 Å². The van der Waals surface area contributed by atoms with Crippen molar-refractivity contribution in [2.24, 2.45) is 0 Å². The number of rotatable bonds is 3. The van der Waals surface area contributed by atoms with Crippen LogP contribution in [0.5, 0.6) is 11.5 Å². The summed E-state index contributed by atoms with van der Waals surface area (Å²) >= 11 is 0. The maximum absolute atomic E-state index is 11.5. The molecule has 3 aromatic rings. The first-order valence-corrected chi connectivity index (χ1v) is 7.00. The van der Waals surface area contributed by atoms with E-state index in [2.05, 4.69) is 10.3 Å². The van der Waals surface area contributed by atoms with Crippen LogP contribution in [0.2, 0.25) is 0 Å². The minimum atomic E-state index is -0.989. The molecule has 23 heavy (non-hydrogen) atoms. The fraction of sp³-hybridized carbons (Fsp3) is 0.0588. The second-order valence-electron chi connectivity index (χ2n) is 5.07. The molecule has 0 radical (unpaired) electrons. The molecule has 0 saturated carbocycles. The van der Waals surface area contributed by atoms with Crippen molar-refractivity contribution in [1.29, 1.82) is 0 Å². The summed E-state index contributed by atoms with van der Waals surface area (Å²) in [5.74, 6) is 0.805. The Morgan fingerprint density at radius 2 is 1.91 bits per heavy atom. The van der Waals surface area contributed by atoms with Crippen molar-refractivity contribution in [3.8, 4) is 11.5 Å².